The van der Waals surface area contributed by atoms with Crippen molar-refractivity contribution in [3.63, 3.8) is 0 Å². The summed E-state index contributed by atoms with van der Waals surface area (Å²) in [6.07, 6.45) is 2.33. The van der Waals surface area contributed by atoms with Crippen molar-refractivity contribution < 1.29 is 9.90 Å². The second-order valence-electron chi connectivity index (χ2n) is 5.78. The Kier molecular flexibility index (Phi) is 5.49. The molecule has 0 bridgehead atoms. The Morgan fingerprint density at radius 1 is 1.38 bits per heavy atom. The van der Waals surface area contributed by atoms with Gasteiger partial charge in [0.15, 0.2) is 0 Å². The second kappa shape index (κ2) is 6.97. The highest BCUT2D eigenvalue weighted by molar-refractivity contribution is 6.43. The summed E-state index contributed by atoms with van der Waals surface area (Å²) in [4.78, 5) is 14.2. The van der Waals surface area contributed by atoms with E-state index in [0.717, 1.165) is 19.4 Å². The van der Waals surface area contributed by atoms with E-state index in [2.05, 4.69) is 10.2 Å². The largest absolute Gasteiger partial charge is 0.390 e. The van der Waals surface area contributed by atoms with E-state index in [1.165, 1.54) is 0 Å². The number of nitrogens with one attached hydrogen (secondary N) is 1. The fourth-order valence-electron chi connectivity index (χ4n) is 2.47. The molecule has 0 saturated carbocycles. The topological polar surface area (TPSA) is 52.6 Å². The number of likely N-dealkylation sites (tertiary alicyclic amines) is 1. The van der Waals surface area contributed by atoms with Crippen molar-refractivity contribution >= 4 is 34.8 Å². The molecule has 2 N–H and O–H groups in total. The summed E-state index contributed by atoms with van der Waals surface area (Å²) in [6, 6.07) is 5.14. The normalized spacial score (nSPS) is 23.6. The molecule has 0 aliphatic carbocycles. The number of carbonyl (C=O) groups is 1. The van der Waals surface area contributed by atoms with Gasteiger partial charge in [0, 0.05) is 6.54 Å². The third-order valence-electron chi connectivity index (χ3n) is 3.75. The lowest BCUT2D eigenvalue weighted by Gasteiger charge is -2.22. The number of carbonyl (C=O) groups excluding carboxylic acids is 1. The van der Waals surface area contributed by atoms with E-state index in [4.69, 9.17) is 23.2 Å². The number of benzene rings is 1. The standard InChI is InChI=1S/C15H20Cl2N2O2/c1-15(21)6-3-8-19(9-7-15)10-13(20)18-12-5-2-4-11(16)14(12)17/h2,4-5,21H,3,6-10H2,1H3,(H,18,20). The number of hydrogen-bond acceptors (Lipinski definition) is 3. The molecule has 6 heteroatoms. The molecule has 4 nitrogen and oxygen atoms in total. The summed E-state index contributed by atoms with van der Waals surface area (Å²) in [6.45, 7) is 3.66. The van der Waals surface area contributed by atoms with Gasteiger partial charge in [-0.15, -0.1) is 0 Å². The van der Waals surface area contributed by atoms with Gasteiger partial charge < -0.3 is 10.4 Å². The molecule has 1 aliphatic rings. The molecule has 1 heterocycles. The van der Waals surface area contributed by atoms with Crippen LogP contribution in [0.25, 0.3) is 0 Å². The average Bonchev–Trinajstić information content (AvgIpc) is 2.57. The predicted octanol–water partition coefficient (Wildman–Crippen LogP) is 3.17. The van der Waals surface area contributed by atoms with Gasteiger partial charge >= 0.3 is 0 Å². The summed E-state index contributed by atoms with van der Waals surface area (Å²) >= 11 is 12.0. The van der Waals surface area contributed by atoms with E-state index in [-0.39, 0.29) is 5.91 Å². The number of nitrogens with zero attached hydrogens (tertiary/aromatic N) is 1. The van der Waals surface area contributed by atoms with Gasteiger partial charge in [-0.1, -0.05) is 29.3 Å². The summed E-state index contributed by atoms with van der Waals surface area (Å²) in [5, 5.41) is 13.6. The molecule has 21 heavy (non-hydrogen) atoms. The second-order valence-corrected chi connectivity index (χ2v) is 6.56. The van der Waals surface area contributed by atoms with Gasteiger partial charge in [0.2, 0.25) is 5.91 Å². The molecule has 1 aliphatic heterocycles. The van der Waals surface area contributed by atoms with Crippen molar-refractivity contribution in [2.75, 3.05) is 25.0 Å². The smallest absolute Gasteiger partial charge is 0.238 e. The minimum absolute atomic E-state index is 0.124. The zero-order valence-corrected chi connectivity index (χ0v) is 13.5. The molecular formula is C15H20Cl2N2O2. The summed E-state index contributed by atoms with van der Waals surface area (Å²) < 4.78 is 0. The lowest BCUT2D eigenvalue weighted by molar-refractivity contribution is -0.117. The molecular weight excluding hydrogens is 311 g/mol. The first-order chi connectivity index (χ1) is 9.87. The van der Waals surface area contributed by atoms with E-state index < -0.39 is 5.60 Å². The molecule has 0 spiro atoms. The Bertz CT molecular complexity index is 520. The number of aliphatic hydroxyl groups is 1. The van der Waals surface area contributed by atoms with Crippen LogP contribution in [0.15, 0.2) is 18.2 Å². The molecule has 0 radical (unpaired) electrons. The molecule has 1 unspecified atom stereocenters. The highest BCUT2D eigenvalue weighted by atomic mass is 35.5. The number of anilines is 1. The van der Waals surface area contributed by atoms with E-state index >= 15 is 0 Å². The Labute approximate surface area is 135 Å². The lowest BCUT2D eigenvalue weighted by Crippen LogP contribution is -2.35. The van der Waals surface area contributed by atoms with Crippen molar-refractivity contribution in [2.45, 2.75) is 31.8 Å². The third kappa shape index (κ3) is 4.85. The first-order valence-corrected chi connectivity index (χ1v) is 7.81. The van der Waals surface area contributed by atoms with Crippen molar-refractivity contribution in [2.24, 2.45) is 0 Å². The van der Waals surface area contributed by atoms with Crippen LogP contribution in [0.3, 0.4) is 0 Å². The molecule has 1 saturated heterocycles. The number of rotatable bonds is 3. The fraction of sp³-hybridized carbons (Fsp3) is 0.533. The molecule has 1 atom stereocenters. The van der Waals surface area contributed by atoms with Gasteiger partial charge in [-0.3, -0.25) is 9.69 Å². The highest BCUT2D eigenvalue weighted by Crippen LogP contribution is 2.29. The Morgan fingerprint density at radius 3 is 2.90 bits per heavy atom. The first kappa shape index (κ1) is 16.6. The maximum Gasteiger partial charge on any atom is 0.238 e. The fourth-order valence-corrected chi connectivity index (χ4v) is 2.82. The van der Waals surface area contributed by atoms with Crippen LogP contribution in [-0.4, -0.2) is 41.1 Å². The van der Waals surface area contributed by atoms with Gasteiger partial charge in [0.1, 0.15) is 0 Å². The SMILES string of the molecule is CC1(O)CCCN(CC(=O)Nc2cccc(Cl)c2Cl)CC1. The molecule has 1 aromatic carbocycles. The molecule has 2 rings (SSSR count). The maximum absolute atomic E-state index is 12.1. The minimum Gasteiger partial charge on any atom is -0.390 e. The number of amides is 1. The molecule has 116 valence electrons. The average molecular weight is 331 g/mol. The summed E-state index contributed by atoms with van der Waals surface area (Å²) in [5.74, 6) is -0.124. The van der Waals surface area contributed by atoms with Crippen LogP contribution in [-0.2, 0) is 4.79 Å². The first-order valence-electron chi connectivity index (χ1n) is 7.06. The van der Waals surface area contributed by atoms with Crippen LogP contribution >= 0.6 is 23.2 Å². The van der Waals surface area contributed by atoms with Crippen LogP contribution in [0.4, 0.5) is 5.69 Å². The van der Waals surface area contributed by atoms with E-state index in [9.17, 15) is 9.90 Å². The van der Waals surface area contributed by atoms with Crippen LogP contribution in [0.2, 0.25) is 10.0 Å². The quantitative estimate of drug-likeness (QED) is 0.894. The predicted molar refractivity (Wildman–Crippen MR) is 86.0 cm³/mol. The Balaban J connectivity index is 1.91. The highest BCUT2D eigenvalue weighted by Gasteiger charge is 2.25. The van der Waals surface area contributed by atoms with E-state index in [0.29, 0.717) is 35.2 Å². The monoisotopic (exact) mass is 330 g/mol. The van der Waals surface area contributed by atoms with Crippen molar-refractivity contribution in [1.82, 2.24) is 4.90 Å². The van der Waals surface area contributed by atoms with Crippen LogP contribution in [0.5, 0.6) is 0 Å². The van der Waals surface area contributed by atoms with E-state index in [1.54, 1.807) is 18.2 Å². The van der Waals surface area contributed by atoms with Crippen LogP contribution in [0, 0.1) is 0 Å². The third-order valence-corrected chi connectivity index (χ3v) is 4.57. The molecule has 1 amide bonds. The van der Waals surface area contributed by atoms with Gasteiger partial charge in [0.25, 0.3) is 0 Å². The maximum atomic E-state index is 12.1. The molecule has 0 aromatic heterocycles. The van der Waals surface area contributed by atoms with Gasteiger partial charge in [-0.05, 0) is 44.9 Å². The molecule has 1 aromatic rings. The molecule has 1 fully saturated rings. The minimum atomic E-state index is -0.624. The number of halogens is 2. The van der Waals surface area contributed by atoms with Crippen molar-refractivity contribution in [3.05, 3.63) is 28.2 Å². The van der Waals surface area contributed by atoms with Gasteiger partial charge in [0.05, 0.1) is 27.9 Å². The van der Waals surface area contributed by atoms with Crippen molar-refractivity contribution in [1.29, 1.82) is 0 Å². The van der Waals surface area contributed by atoms with E-state index in [1.807, 2.05) is 6.92 Å². The summed E-state index contributed by atoms with van der Waals surface area (Å²) in [5.41, 5.74) is -0.0995. The van der Waals surface area contributed by atoms with Gasteiger partial charge in [-0.2, -0.15) is 0 Å². The zero-order valence-electron chi connectivity index (χ0n) is 12.0. The van der Waals surface area contributed by atoms with Crippen LogP contribution in [0.1, 0.15) is 26.2 Å². The Morgan fingerprint density at radius 2 is 2.14 bits per heavy atom. The zero-order chi connectivity index (χ0) is 15.5. The number of hydrogen-bond donors (Lipinski definition) is 2. The Hall–Kier alpha value is -0.810. The lowest BCUT2D eigenvalue weighted by atomic mass is 9.98. The van der Waals surface area contributed by atoms with Crippen LogP contribution < -0.4 is 5.32 Å². The summed E-state index contributed by atoms with van der Waals surface area (Å²) in [7, 11) is 0. The van der Waals surface area contributed by atoms with Crippen molar-refractivity contribution in [3.8, 4) is 0 Å². The van der Waals surface area contributed by atoms with Gasteiger partial charge in [-0.25, -0.2) is 0 Å².